The average Bonchev–Trinajstić information content (AvgIpc) is 2.79. The fourth-order valence-corrected chi connectivity index (χ4v) is 4.00. The third-order valence-corrected chi connectivity index (χ3v) is 5.70. The minimum Gasteiger partial charge on any atom is -0.309 e. The van der Waals surface area contributed by atoms with E-state index in [2.05, 4.69) is 17.3 Å². The van der Waals surface area contributed by atoms with Gasteiger partial charge in [-0.05, 0) is 61.8 Å². The molecule has 1 aromatic carbocycles. The molecule has 0 bridgehead atoms. The first-order valence-electron chi connectivity index (χ1n) is 9.16. The van der Waals surface area contributed by atoms with Crippen LogP contribution in [-0.2, 0) is 11.8 Å². The van der Waals surface area contributed by atoms with Crippen LogP contribution in [0.25, 0.3) is 11.3 Å². The summed E-state index contributed by atoms with van der Waals surface area (Å²) in [6.45, 7) is 2.18. The maximum Gasteiger partial charge on any atom is 0.228 e. The van der Waals surface area contributed by atoms with Crippen molar-refractivity contribution in [2.45, 2.75) is 44.9 Å². The molecule has 5 heteroatoms. The molecule has 0 saturated heterocycles. The number of nitrogens with one attached hydrogen (secondary N) is 1. The maximum absolute atomic E-state index is 13.3. The van der Waals surface area contributed by atoms with Crippen LogP contribution in [0.2, 0.25) is 0 Å². The van der Waals surface area contributed by atoms with Crippen LogP contribution in [0.15, 0.2) is 24.3 Å². The first-order valence-corrected chi connectivity index (χ1v) is 9.16. The second-order valence-corrected chi connectivity index (χ2v) is 7.63. The molecule has 0 spiro atoms. The number of aryl methyl sites for hydroxylation is 1. The second-order valence-electron chi connectivity index (χ2n) is 7.63. The Morgan fingerprint density at radius 3 is 2.48 bits per heavy atom. The molecule has 1 aromatic heterocycles. The molecule has 2 aromatic rings. The van der Waals surface area contributed by atoms with Gasteiger partial charge >= 0.3 is 0 Å². The summed E-state index contributed by atoms with van der Waals surface area (Å²) in [6, 6.07) is 6.52. The zero-order valence-electron chi connectivity index (χ0n) is 14.8. The summed E-state index contributed by atoms with van der Waals surface area (Å²) in [5.41, 5.74) is 3.04. The molecule has 2 aliphatic carbocycles. The highest BCUT2D eigenvalue weighted by Crippen LogP contribution is 2.45. The van der Waals surface area contributed by atoms with Crippen molar-refractivity contribution in [3.05, 3.63) is 35.6 Å². The lowest BCUT2D eigenvalue weighted by molar-refractivity contribution is -0.123. The number of hydrogen-bond donors (Lipinski definition) is 1. The number of anilines is 1. The topological polar surface area (TPSA) is 46.9 Å². The molecule has 0 aliphatic heterocycles. The monoisotopic (exact) mass is 341 g/mol. The molecule has 0 atom stereocenters. The van der Waals surface area contributed by atoms with Crippen LogP contribution >= 0.6 is 0 Å². The number of rotatable bonds is 4. The summed E-state index contributed by atoms with van der Waals surface area (Å²) < 4.78 is 15.1. The van der Waals surface area contributed by atoms with Gasteiger partial charge in [0.2, 0.25) is 5.91 Å². The van der Waals surface area contributed by atoms with Crippen LogP contribution in [0.1, 0.15) is 50.5 Å². The smallest absolute Gasteiger partial charge is 0.228 e. The van der Waals surface area contributed by atoms with Gasteiger partial charge in [0.05, 0.1) is 5.69 Å². The lowest BCUT2D eigenvalue weighted by Gasteiger charge is -2.31. The summed E-state index contributed by atoms with van der Waals surface area (Å²) in [4.78, 5) is 12.5. The van der Waals surface area contributed by atoms with Crippen molar-refractivity contribution in [2.75, 3.05) is 5.32 Å². The van der Waals surface area contributed by atoms with Gasteiger partial charge < -0.3 is 5.32 Å². The number of amides is 1. The average molecular weight is 341 g/mol. The Kier molecular flexibility index (Phi) is 4.10. The van der Waals surface area contributed by atoms with E-state index in [4.69, 9.17) is 0 Å². The van der Waals surface area contributed by atoms with Crippen molar-refractivity contribution < 1.29 is 9.18 Å². The minimum atomic E-state index is -0.247. The van der Waals surface area contributed by atoms with E-state index in [1.165, 1.54) is 18.6 Å². The summed E-state index contributed by atoms with van der Waals surface area (Å²) in [5.74, 6) is 1.70. The molecule has 4 nitrogen and oxygen atoms in total. The zero-order valence-corrected chi connectivity index (χ0v) is 14.8. The number of aromatic nitrogens is 2. The third-order valence-electron chi connectivity index (χ3n) is 5.70. The molecule has 1 amide bonds. The predicted molar refractivity (Wildman–Crippen MR) is 95.7 cm³/mol. The van der Waals surface area contributed by atoms with Gasteiger partial charge in [-0.3, -0.25) is 9.48 Å². The molecule has 0 unspecified atom stereocenters. The number of carbonyl (C=O) groups excluding carboxylic acids is 1. The lowest BCUT2D eigenvalue weighted by atomic mass is 9.75. The Labute approximate surface area is 147 Å². The van der Waals surface area contributed by atoms with E-state index in [9.17, 15) is 9.18 Å². The molecule has 1 heterocycles. The predicted octanol–water partition coefficient (Wildman–Crippen LogP) is 4.48. The molecule has 2 fully saturated rings. The van der Waals surface area contributed by atoms with E-state index in [1.54, 1.807) is 12.1 Å². The zero-order chi connectivity index (χ0) is 17.6. The molecule has 2 saturated carbocycles. The van der Waals surface area contributed by atoms with Crippen molar-refractivity contribution in [1.29, 1.82) is 0 Å². The van der Waals surface area contributed by atoms with Gasteiger partial charge in [0, 0.05) is 24.1 Å². The summed E-state index contributed by atoms with van der Waals surface area (Å²) >= 11 is 0. The maximum atomic E-state index is 13.3. The van der Waals surface area contributed by atoms with Crippen molar-refractivity contribution in [1.82, 2.24) is 9.78 Å². The summed E-state index contributed by atoms with van der Waals surface area (Å²) in [6.07, 6.45) is 5.35. The van der Waals surface area contributed by atoms with Crippen molar-refractivity contribution in [2.24, 2.45) is 18.9 Å². The fourth-order valence-electron chi connectivity index (χ4n) is 4.00. The Morgan fingerprint density at radius 2 is 1.92 bits per heavy atom. The van der Waals surface area contributed by atoms with E-state index in [-0.39, 0.29) is 17.6 Å². The standard InChI is InChI=1S/C20H24FN3O/c1-12-10-15(11-12)20(25)22-19-17(13-4-3-5-13)18(24(2)23-19)14-6-8-16(21)9-7-14/h6-9,12-13,15H,3-5,10-11H2,1-2H3,(H,22,23,25). The van der Waals surface area contributed by atoms with Gasteiger partial charge in [-0.15, -0.1) is 0 Å². The number of hydrogen-bond acceptors (Lipinski definition) is 2. The Bertz CT molecular complexity index is 786. The van der Waals surface area contributed by atoms with Gasteiger partial charge in [-0.1, -0.05) is 13.3 Å². The fraction of sp³-hybridized carbons (Fsp3) is 0.500. The van der Waals surface area contributed by atoms with E-state index in [0.717, 1.165) is 42.5 Å². The van der Waals surface area contributed by atoms with Gasteiger partial charge in [-0.25, -0.2) is 4.39 Å². The summed E-state index contributed by atoms with van der Waals surface area (Å²) in [7, 11) is 1.89. The number of halogens is 1. The van der Waals surface area contributed by atoms with Crippen LogP contribution < -0.4 is 5.32 Å². The van der Waals surface area contributed by atoms with Crippen LogP contribution in [0, 0.1) is 17.7 Å². The second kappa shape index (κ2) is 6.28. The van der Waals surface area contributed by atoms with Crippen molar-refractivity contribution >= 4 is 11.7 Å². The van der Waals surface area contributed by atoms with E-state index >= 15 is 0 Å². The van der Waals surface area contributed by atoms with E-state index < -0.39 is 0 Å². The molecule has 1 N–H and O–H groups in total. The van der Waals surface area contributed by atoms with Gasteiger partial charge in [0.15, 0.2) is 5.82 Å². The number of carbonyl (C=O) groups is 1. The van der Waals surface area contributed by atoms with Crippen LogP contribution in [0.3, 0.4) is 0 Å². The Balaban J connectivity index is 1.68. The largest absolute Gasteiger partial charge is 0.309 e. The normalized spacial score (nSPS) is 23.0. The van der Waals surface area contributed by atoms with E-state index in [1.807, 2.05) is 11.7 Å². The highest BCUT2D eigenvalue weighted by Gasteiger charge is 2.34. The molecular weight excluding hydrogens is 317 g/mol. The van der Waals surface area contributed by atoms with Gasteiger partial charge in [0.1, 0.15) is 5.82 Å². The number of nitrogens with zero attached hydrogens (tertiary/aromatic N) is 2. The van der Waals surface area contributed by atoms with Gasteiger partial charge in [0.25, 0.3) is 0 Å². The van der Waals surface area contributed by atoms with Crippen LogP contribution in [-0.4, -0.2) is 15.7 Å². The lowest BCUT2D eigenvalue weighted by Crippen LogP contribution is -2.33. The molecule has 132 valence electrons. The third kappa shape index (κ3) is 2.96. The minimum absolute atomic E-state index is 0.0856. The quantitative estimate of drug-likeness (QED) is 0.891. The SMILES string of the molecule is CC1CC(C(=O)Nc2nn(C)c(-c3ccc(F)cc3)c2C2CCC2)C1. The first-order chi connectivity index (χ1) is 12.0. The molecule has 2 aliphatic rings. The Hall–Kier alpha value is -2.17. The molecular formula is C20H24FN3O. The van der Waals surface area contributed by atoms with Crippen molar-refractivity contribution in [3.63, 3.8) is 0 Å². The molecule has 0 radical (unpaired) electrons. The molecule has 4 rings (SSSR count). The highest BCUT2D eigenvalue weighted by molar-refractivity contribution is 5.94. The first kappa shape index (κ1) is 16.3. The van der Waals surface area contributed by atoms with Crippen LogP contribution in [0.4, 0.5) is 10.2 Å². The van der Waals surface area contributed by atoms with Crippen LogP contribution in [0.5, 0.6) is 0 Å². The van der Waals surface area contributed by atoms with Crippen molar-refractivity contribution in [3.8, 4) is 11.3 Å². The van der Waals surface area contributed by atoms with E-state index in [0.29, 0.717) is 17.7 Å². The Morgan fingerprint density at radius 1 is 1.24 bits per heavy atom. The summed E-state index contributed by atoms with van der Waals surface area (Å²) in [5, 5.41) is 7.68. The van der Waals surface area contributed by atoms with Gasteiger partial charge in [-0.2, -0.15) is 5.10 Å². The molecule has 25 heavy (non-hydrogen) atoms. The number of benzene rings is 1. The highest BCUT2D eigenvalue weighted by atomic mass is 19.1.